The molecule has 3 aromatic heterocycles. The first-order valence-electron chi connectivity index (χ1n) is 8.48. The molecule has 25 heavy (non-hydrogen) atoms. The summed E-state index contributed by atoms with van der Waals surface area (Å²) in [7, 11) is 0. The average Bonchev–Trinajstić information content (AvgIpc) is 3.26. The van der Waals surface area contributed by atoms with Gasteiger partial charge in [-0.15, -0.1) is 0 Å². The molecule has 0 saturated carbocycles. The molecule has 1 aliphatic rings. The summed E-state index contributed by atoms with van der Waals surface area (Å²) in [5.74, 6) is 0.361. The van der Waals surface area contributed by atoms with E-state index in [2.05, 4.69) is 20.2 Å². The molecule has 0 radical (unpaired) electrons. The topological polar surface area (TPSA) is 85.7 Å². The predicted molar refractivity (Wildman–Crippen MR) is 90.3 cm³/mol. The second-order valence-electron chi connectivity index (χ2n) is 6.16. The number of fused-ring (bicyclic) bond motifs is 1. The van der Waals surface area contributed by atoms with Crippen LogP contribution in [-0.2, 0) is 24.2 Å². The summed E-state index contributed by atoms with van der Waals surface area (Å²) in [4.78, 5) is 20.7. The van der Waals surface area contributed by atoms with Crippen molar-refractivity contribution in [3.8, 4) is 5.82 Å². The minimum absolute atomic E-state index is 0.185. The Hall–Kier alpha value is -2.96. The van der Waals surface area contributed by atoms with Crippen LogP contribution in [0.2, 0.25) is 0 Å². The van der Waals surface area contributed by atoms with Gasteiger partial charge in [0, 0.05) is 29.8 Å². The lowest BCUT2D eigenvalue weighted by molar-refractivity contribution is 0.0464. The second kappa shape index (κ2) is 6.88. The predicted octanol–water partition coefficient (Wildman–Crippen LogP) is 2.62. The van der Waals surface area contributed by atoms with E-state index in [1.54, 1.807) is 23.3 Å². The maximum Gasteiger partial charge on any atom is 0.359 e. The number of aryl methyl sites for hydroxylation is 1. The molecular weight excluding hydrogens is 318 g/mol. The number of hydrogen-bond donors (Lipinski definition) is 1. The molecular formula is C18H19N5O2. The van der Waals surface area contributed by atoms with Gasteiger partial charge < -0.3 is 4.74 Å². The van der Waals surface area contributed by atoms with Crippen LogP contribution in [0.1, 0.15) is 46.6 Å². The zero-order valence-electron chi connectivity index (χ0n) is 13.8. The van der Waals surface area contributed by atoms with Crippen LogP contribution in [0, 0.1) is 0 Å². The number of rotatable bonds is 4. The highest BCUT2D eigenvalue weighted by atomic mass is 16.5. The van der Waals surface area contributed by atoms with Gasteiger partial charge in [0.1, 0.15) is 18.8 Å². The SMILES string of the molecule is O=C(OCc1ccnc(-n2ccnc2)c1)c1n[nH]c2c1CCCCC2. The molecule has 3 heterocycles. The summed E-state index contributed by atoms with van der Waals surface area (Å²) in [5, 5.41) is 7.19. The van der Waals surface area contributed by atoms with Crippen LogP contribution in [0.4, 0.5) is 0 Å². The highest BCUT2D eigenvalue weighted by Crippen LogP contribution is 2.22. The number of carbonyl (C=O) groups is 1. The first kappa shape index (κ1) is 15.6. The van der Waals surface area contributed by atoms with Gasteiger partial charge in [-0.2, -0.15) is 5.10 Å². The van der Waals surface area contributed by atoms with E-state index >= 15 is 0 Å². The smallest absolute Gasteiger partial charge is 0.359 e. The minimum Gasteiger partial charge on any atom is -0.456 e. The van der Waals surface area contributed by atoms with E-state index < -0.39 is 0 Å². The molecule has 0 atom stereocenters. The number of hydrogen-bond acceptors (Lipinski definition) is 5. The largest absolute Gasteiger partial charge is 0.456 e. The highest BCUT2D eigenvalue weighted by molar-refractivity contribution is 5.89. The van der Waals surface area contributed by atoms with Crippen LogP contribution in [0.3, 0.4) is 0 Å². The van der Waals surface area contributed by atoms with Crippen LogP contribution in [0.25, 0.3) is 5.82 Å². The van der Waals surface area contributed by atoms with Crippen LogP contribution in [0.5, 0.6) is 0 Å². The molecule has 1 aliphatic carbocycles. The number of esters is 1. The van der Waals surface area contributed by atoms with Gasteiger partial charge in [-0.25, -0.2) is 14.8 Å². The molecule has 1 N–H and O–H groups in total. The quantitative estimate of drug-likeness (QED) is 0.584. The minimum atomic E-state index is -0.375. The number of nitrogens with one attached hydrogen (secondary N) is 1. The third-order valence-corrected chi connectivity index (χ3v) is 4.45. The molecule has 0 amide bonds. The molecule has 0 unspecified atom stereocenters. The van der Waals surface area contributed by atoms with Crippen molar-refractivity contribution in [3.05, 3.63) is 59.6 Å². The van der Waals surface area contributed by atoms with Gasteiger partial charge in [-0.1, -0.05) is 6.42 Å². The summed E-state index contributed by atoms with van der Waals surface area (Å²) >= 11 is 0. The molecule has 0 aromatic carbocycles. The fourth-order valence-electron chi connectivity index (χ4n) is 3.13. The zero-order valence-corrected chi connectivity index (χ0v) is 13.8. The van der Waals surface area contributed by atoms with Gasteiger partial charge in [0.25, 0.3) is 0 Å². The number of nitrogens with zero attached hydrogens (tertiary/aromatic N) is 4. The Balaban J connectivity index is 1.46. The van der Waals surface area contributed by atoms with Gasteiger partial charge in [0.15, 0.2) is 5.69 Å². The van der Waals surface area contributed by atoms with E-state index in [0.29, 0.717) is 5.69 Å². The number of ether oxygens (including phenoxy) is 1. The Kier molecular flexibility index (Phi) is 4.28. The van der Waals surface area contributed by atoms with E-state index in [1.807, 2.05) is 18.3 Å². The Morgan fingerprint density at radius 2 is 2.16 bits per heavy atom. The van der Waals surface area contributed by atoms with E-state index in [9.17, 15) is 4.79 Å². The first-order valence-corrected chi connectivity index (χ1v) is 8.48. The molecule has 3 aromatic rings. The average molecular weight is 337 g/mol. The number of carbonyl (C=O) groups excluding carboxylic acids is 1. The lowest BCUT2D eigenvalue weighted by atomic mass is 10.1. The van der Waals surface area contributed by atoms with E-state index in [1.165, 1.54) is 6.42 Å². The maximum atomic E-state index is 12.4. The highest BCUT2D eigenvalue weighted by Gasteiger charge is 2.22. The molecule has 0 fully saturated rings. The standard InChI is InChI=1S/C18H19N5O2/c24-18(17-14-4-2-1-3-5-15(14)21-22-17)25-11-13-6-7-20-16(10-13)23-9-8-19-12-23/h6-10,12H,1-5,11H2,(H,21,22). The molecule has 7 nitrogen and oxygen atoms in total. The molecule has 0 spiro atoms. The number of imidazole rings is 1. The van der Waals surface area contributed by atoms with E-state index in [-0.39, 0.29) is 12.6 Å². The lowest BCUT2D eigenvalue weighted by Gasteiger charge is -2.07. The summed E-state index contributed by atoms with van der Waals surface area (Å²) < 4.78 is 7.28. The molecule has 0 aliphatic heterocycles. The Morgan fingerprint density at radius 1 is 1.24 bits per heavy atom. The number of H-pyrrole nitrogens is 1. The fraction of sp³-hybridized carbons (Fsp3) is 0.333. The van der Waals surface area contributed by atoms with Crippen LogP contribution < -0.4 is 0 Å². The molecule has 0 bridgehead atoms. The van der Waals surface area contributed by atoms with Crippen molar-refractivity contribution in [1.29, 1.82) is 0 Å². The van der Waals surface area contributed by atoms with Crippen LogP contribution in [-0.4, -0.2) is 30.7 Å². The van der Waals surface area contributed by atoms with Gasteiger partial charge in [-0.3, -0.25) is 9.67 Å². The van der Waals surface area contributed by atoms with E-state index in [4.69, 9.17) is 4.74 Å². The van der Waals surface area contributed by atoms with Crippen molar-refractivity contribution >= 4 is 5.97 Å². The van der Waals surface area contributed by atoms with Crippen molar-refractivity contribution in [2.75, 3.05) is 0 Å². The van der Waals surface area contributed by atoms with Crippen molar-refractivity contribution in [2.24, 2.45) is 0 Å². The Bertz CT molecular complexity index is 869. The zero-order chi connectivity index (χ0) is 17.1. The summed E-state index contributed by atoms with van der Waals surface area (Å²) in [6, 6.07) is 3.71. The van der Waals surface area contributed by atoms with Gasteiger partial charge in [-0.05, 0) is 43.4 Å². The van der Waals surface area contributed by atoms with Crippen molar-refractivity contribution < 1.29 is 9.53 Å². The molecule has 4 rings (SSSR count). The van der Waals surface area contributed by atoms with Crippen molar-refractivity contribution in [2.45, 2.75) is 38.7 Å². The normalized spacial score (nSPS) is 13.9. The van der Waals surface area contributed by atoms with Crippen LogP contribution in [0.15, 0.2) is 37.1 Å². The third-order valence-electron chi connectivity index (χ3n) is 4.45. The van der Waals surface area contributed by atoms with Gasteiger partial charge >= 0.3 is 5.97 Å². The van der Waals surface area contributed by atoms with Gasteiger partial charge in [0.2, 0.25) is 0 Å². The molecule has 128 valence electrons. The fourth-order valence-corrected chi connectivity index (χ4v) is 3.13. The first-order chi connectivity index (χ1) is 12.3. The van der Waals surface area contributed by atoms with E-state index in [0.717, 1.165) is 48.3 Å². The second-order valence-corrected chi connectivity index (χ2v) is 6.16. The molecule has 0 saturated heterocycles. The molecule has 7 heteroatoms. The lowest BCUT2D eigenvalue weighted by Crippen LogP contribution is -2.09. The van der Waals surface area contributed by atoms with Crippen molar-refractivity contribution in [3.63, 3.8) is 0 Å². The Labute approximate surface area is 145 Å². The monoisotopic (exact) mass is 337 g/mol. The maximum absolute atomic E-state index is 12.4. The third kappa shape index (κ3) is 3.31. The van der Waals surface area contributed by atoms with Crippen molar-refractivity contribution in [1.82, 2.24) is 24.7 Å². The number of aromatic amines is 1. The number of pyridine rings is 1. The number of aromatic nitrogens is 5. The summed E-state index contributed by atoms with van der Waals surface area (Å²) in [6.45, 7) is 0.185. The Morgan fingerprint density at radius 3 is 3.04 bits per heavy atom. The van der Waals surface area contributed by atoms with Crippen LogP contribution >= 0.6 is 0 Å². The van der Waals surface area contributed by atoms with Gasteiger partial charge in [0.05, 0.1) is 0 Å². The summed E-state index contributed by atoms with van der Waals surface area (Å²) in [5.41, 5.74) is 3.40. The summed E-state index contributed by atoms with van der Waals surface area (Å²) in [6.07, 6.45) is 12.1.